The molecule has 0 radical (unpaired) electrons. The fraction of sp³-hybridized carbons (Fsp3) is 0.435. The van der Waals surface area contributed by atoms with Crippen molar-refractivity contribution in [2.75, 3.05) is 34.0 Å². The molecule has 0 unspecified atom stereocenters. The van der Waals surface area contributed by atoms with E-state index < -0.39 is 4.92 Å². The topological polar surface area (TPSA) is 109 Å². The van der Waals surface area contributed by atoms with E-state index in [9.17, 15) is 14.9 Å². The number of nitrogens with one attached hydrogen (secondary N) is 1. The number of benzene rings is 2. The molecule has 174 valence electrons. The highest BCUT2D eigenvalue weighted by atomic mass is 16.6. The van der Waals surface area contributed by atoms with E-state index in [2.05, 4.69) is 5.32 Å². The first-order valence-electron chi connectivity index (χ1n) is 10.4. The first-order valence-corrected chi connectivity index (χ1v) is 10.4. The SMILES string of the molecule is CCOc1cc(C(=O)NCCc2cc(OC)c(OC)cc2[N+](=O)[O-])ccc1OCC(C)C. The molecule has 2 aromatic carbocycles. The molecule has 1 N–H and O–H groups in total. The molecule has 1 amide bonds. The van der Waals surface area contributed by atoms with Crippen molar-refractivity contribution in [2.45, 2.75) is 27.2 Å². The number of rotatable bonds is 12. The van der Waals surface area contributed by atoms with Crippen LogP contribution in [0.4, 0.5) is 5.69 Å². The number of ether oxygens (including phenoxy) is 4. The van der Waals surface area contributed by atoms with Crippen molar-refractivity contribution in [3.63, 3.8) is 0 Å². The van der Waals surface area contributed by atoms with Crippen LogP contribution in [0.2, 0.25) is 0 Å². The van der Waals surface area contributed by atoms with Crippen LogP contribution in [0.25, 0.3) is 0 Å². The third-order valence-electron chi connectivity index (χ3n) is 4.54. The Balaban J connectivity index is 2.11. The normalized spacial score (nSPS) is 10.6. The Kier molecular flexibility index (Phi) is 9.12. The molecule has 0 aliphatic rings. The molecule has 0 aromatic heterocycles. The van der Waals surface area contributed by atoms with Crippen molar-refractivity contribution in [3.05, 3.63) is 51.6 Å². The van der Waals surface area contributed by atoms with Gasteiger partial charge in [-0.1, -0.05) is 13.8 Å². The van der Waals surface area contributed by atoms with Crippen molar-refractivity contribution in [2.24, 2.45) is 5.92 Å². The molecule has 0 heterocycles. The molecule has 0 fully saturated rings. The van der Waals surface area contributed by atoms with E-state index >= 15 is 0 Å². The molecule has 0 aliphatic carbocycles. The van der Waals surface area contributed by atoms with Gasteiger partial charge < -0.3 is 24.3 Å². The predicted octanol–water partition coefficient (Wildman–Crippen LogP) is 4.02. The van der Waals surface area contributed by atoms with Crippen LogP contribution in [0, 0.1) is 16.0 Å². The number of nitrogens with zero attached hydrogens (tertiary/aromatic N) is 1. The zero-order valence-corrected chi connectivity index (χ0v) is 19.1. The monoisotopic (exact) mass is 446 g/mol. The van der Waals surface area contributed by atoms with Gasteiger partial charge in [0.1, 0.15) is 0 Å². The zero-order valence-electron chi connectivity index (χ0n) is 19.1. The quantitative estimate of drug-likeness (QED) is 0.387. The van der Waals surface area contributed by atoms with Gasteiger partial charge in [-0.25, -0.2) is 0 Å². The van der Waals surface area contributed by atoms with Gasteiger partial charge in [-0.15, -0.1) is 0 Å². The molecule has 9 nitrogen and oxygen atoms in total. The van der Waals surface area contributed by atoms with Crippen LogP contribution >= 0.6 is 0 Å². The molecule has 0 bridgehead atoms. The van der Waals surface area contributed by atoms with Crippen molar-refractivity contribution < 1.29 is 28.7 Å². The highest BCUT2D eigenvalue weighted by Gasteiger charge is 2.20. The van der Waals surface area contributed by atoms with E-state index in [0.29, 0.717) is 47.5 Å². The highest BCUT2D eigenvalue weighted by molar-refractivity contribution is 5.94. The van der Waals surface area contributed by atoms with E-state index in [1.807, 2.05) is 20.8 Å². The van der Waals surface area contributed by atoms with E-state index in [1.165, 1.54) is 20.3 Å². The van der Waals surface area contributed by atoms with Gasteiger partial charge in [0.05, 0.1) is 38.4 Å². The fourth-order valence-corrected chi connectivity index (χ4v) is 2.99. The van der Waals surface area contributed by atoms with Crippen molar-refractivity contribution >= 4 is 11.6 Å². The van der Waals surface area contributed by atoms with Crippen LogP contribution in [0.1, 0.15) is 36.7 Å². The molecule has 0 saturated heterocycles. The average molecular weight is 447 g/mol. The summed E-state index contributed by atoms with van der Waals surface area (Å²) < 4.78 is 21.7. The molecule has 0 atom stereocenters. The summed E-state index contributed by atoms with van der Waals surface area (Å²) in [5.41, 5.74) is 0.745. The molecular weight excluding hydrogens is 416 g/mol. The Hall–Kier alpha value is -3.49. The van der Waals surface area contributed by atoms with Crippen LogP contribution in [-0.4, -0.2) is 44.8 Å². The summed E-state index contributed by atoms with van der Waals surface area (Å²) >= 11 is 0. The van der Waals surface area contributed by atoms with Gasteiger partial charge in [-0.2, -0.15) is 0 Å². The minimum atomic E-state index is -0.483. The van der Waals surface area contributed by atoms with E-state index in [1.54, 1.807) is 24.3 Å². The summed E-state index contributed by atoms with van der Waals surface area (Å²) in [7, 11) is 2.87. The largest absolute Gasteiger partial charge is 0.493 e. The number of hydrogen-bond acceptors (Lipinski definition) is 7. The summed E-state index contributed by atoms with van der Waals surface area (Å²) in [6, 6.07) is 7.87. The lowest BCUT2D eigenvalue weighted by atomic mass is 10.1. The first kappa shape index (κ1) is 24.8. The maximum atomic E-state index is 12.6. The number of nitro groups is 1. The lowest BCUT2D eigenvalue weighted by Gasteiger charge is -2.15. The lowest BCUT2D eigenvalue weighted by molar-refractivity contribution is -0.385. The lowest BCUT2D eigenvalue weighted by Crippen LogP contribution is -2.26. The minimum absolute atomic E-state index is 0.0952. The molecule has 0 spiro atoms. The molecule has 0 saturated carbocycles. The Labute approximate surface area is 187 Å². The second kappa shape index (κ2) is 11.8. The van der Waals surface area contributed by atoms with Crippen molar-refractivity contribution in [3.8, 4) is 23.0 Å². The molecule has 0 aliphatic heterocycles. The number of carbonyl (C=O) groups is 1. The van der Waals surface area contributed by atoms with E-state index in [-0.39, 0.29) is 30.3 Å². The maximum absolute atomic E-state index is 12.6. The summed E-state index contributed by atoms with van der Waals surface area (Å²) in [6.45, 7) is 7.12. The number of carbonyl (C=O) groups excluding carboxylic acids is 1. The zero-order chi connectivity index (χ0) is 23.7. The second-order valence-electron chi connectivity index (χ2n) is 7.40. The van der Waals surface area contributed by atoms with Crippen molar-refractivity contribution in [1.29, 1.82) is 0 Å². The summed E-state index contributed by atoms with van der Waals surface area (Å²) in [5.74, 6) is 1.78. The standard InChI is InChI=1S/C23H30N2O7/c1-6-31-22-12-17(7-8-19(22)32-14-15(2)3)23(26)24-10-9-16-11-20(29-4)21(30-5)13-18(16)25(27)28/h7-8,11-13,15H,6,9-10,14H2,1-5H3,(H,24,26). The Morgan fingerprint density at radius 1 is 1.03 bits per heavy atom. The van der Waals surface area contributed by atoms with E-state index in [0.717, 1.165) is 0 Å². The summed E-state index contributed by atoms with van der Waals surface area (Å²) in [5, 5.41) is 14.2. The smallest absolute Gasteiger partial charge is 0.276 e. The predicted molar refractivity (Wildman–Crippen MR) is 120 cm³/mol. The Morgan fingerprint density at radius 3 is 2.31 bits per heavy atom. The number of nitro benzene ring substituents is 1. The van der Waals surface area contributed by atoms with Gasteiger partial charge in [0, 0.05) is 17.7 Å². The average Bonchev–Trinajstić information content (AvgIpc) is 2.77. The van der Waals surface area contributed by atoms with Gasteiger partial charge in [0.25, 0.3) is 11.6 Å². The van der Waals surface area contributed by atoms with Gasteiger partial charge in [-0.05, 0) is 43.5 Å². The van der Waals surface area contributed by atoms with Crippen LogP contribution in [-0.2, 0) is 6.42 Å². The summed E-state index contributed by atoms with van der Waals surface area (Å²) in [4.78, 5) is 23.6. The van der Waals surface area contributed by atoms with Crippen LogP contribution in [0.15, 0.2) is 30.3 Å². The van der Waals surface area contributed by atoms with Crippen LogP contribution < -0.4 is 24.3 Å². The Bertz CT molecular complexity index is 944. The first-order chi connectivity index (χ1) is 15.3. The maximum Gasteiger partial charge on any atom is 0.276 e. The van der Waals surface area contributed by atoms with Gasteiger partial charge in [0.2, 0.25) is 0 Å². The van der Waals surface area contributed by atoms with Crippen LogP contribution in [0.5, 0.6) is 23.0 Å². The third-order valence-corrected chi connectivity index (χ3v) is 4.54. The van der Waals surface area contributed by atoms with Crippen molar-refractivity contribution in [1.82, 2.24) is 5.32 Å². The minimum Gasteiger partial charge on any atom is -0.493 e. The molecular formula is C23H30N2O7. The highest BCUT2D eigenvalue weighted by Crippen LogP contribution is 2.34. The van der Waals surface area contributed by atoms with Gasteiger partial charge >= 0.3 is 0 Å². The Morgan fingerprint density at radius 2 is 1.72 bits per heavy atom. The number of methoxy groups -OCH3 is 2. The molecule has 2 aromatic rings. The number of amides is 1. The number of hydrogen-bond donors (Lipinski definition) is 1. The van der Waals surface area contributed by atoms with Crippen LogP contribution in [0.3, 0.4) is 0 Å². The van der Waals surface area contributed by atoms with E-state index in [4.69, 9.17) is 18.9 Å². The van der Waals surface area contributed by atoms with Gasteiger partial charge in [-0.3, -0.25) is 14.9 Å². The molecule has 2 rings (SSSR count). The third kappa shape index (κ3) is 6.50. The fourth-order valence-electron chi connectivity index (χ4n) is 2.99. The molecule has 9 heteroatoms. The molecule has 32 heavy (non-hydrogen) atoms. The van der Waals surface area contributed by atoms with Gasteiger partial charge in [0.15, 0.2) is 23.0 Å². The summed E-state index contributed by atoms with van der Waals surface area (Å²) in [6.07, 6.45) is 0.246. The second-order valence-corrected chi connectivity index (χ2v) is 7.40.